The van der Waals surface area contributed by atoms with E-state index in [1.165, 1.54) is 0 Å². The first-order valence-corrected chi connectivity index (χ1v) is 7.07. The van der Waals surface area contributed by atoms with E-state index in [0.29, 0.717) is 30.8 Å². The van der Waals surface area contributed by atoms with Crippen LogP contribution in [0.2, 0.25) is 0 Å². The van der Waals surface area contributed by atoms with Gasteiger partial charge in [-0.05, 0) is 25.7 Å². The Kier molecular flexibility index (Phi) is 7.39. The van der Waals surface area contributed by atoms with Gasteiger partial charge in [-0.1, -0.05) is 13.3 Å². The number of anilines is 1. The summed E-state index contributed by atoms with van der Waals surface area (Å²) in [5.74, 6) is 0.782. The Morgan fingerprint density at radius 3 is 2.90 bits per heavy atom. The van der Waals surface area contributed by atoms with Crippen molar-refractivity contribution in [1.82, 2.24) is 9.97 Å². The van der Waals surface area contributed by atoms with Crippen molar-refractivity contribution in [1.29, 1.82) is 0 Å². The Bertz CT molecular complexity index is 412. The number of carboxylic acids is 1. The van der Waals surface area contributed by atoms with Gasteiger partial charge in [0, 0.05) is 25.2 Å². The van der Waals surface area contributed by atoms with Crippen LogP contribution in [0.25, 0.3) is 0 Å². The molecule has 0 radical (unpaired) electrons. The van der Waals surface area contributed by atoms with E-state index in [0.717, 1.165) is 19.4 Å². The van der Waals surface area contributed by atoms with Crippen molar-refractivity contribution < 1.29 is 14.6 Å². The first-order valence-electron chi connectivity index (χ1n) is 7.07. The lowest BCUT2D eigenvalue weighted by Gasteiger charge is -2.14. The second-order valence-electron chi connectivity index (χ2n) is 4.57. The van der Waals surface area contributed by atoms with Crippen molar-refractivity contribution >= 4 is 11.9 Å². The van der Waals surface area contributed by atoms with Crippen molar-refractivity contribution in [2.45, 2.75) is 39.5 Å². The normalized spacial score (nSPS) is 11.9. The highest BCUT2D eigenvalue weighted by atomic mass is 16.5. The number of ether oxygens (including phenoxy) is 1. The zero-order valence-corrected chi connectivity index (χ0v) is 12.1. The summed E-state index contributed by atoms with van der Waals surface area (Å²) >= 11 is 0. The Hall–Kier alpha value is -1.85. The predicted octanol–water partition coefficient (Wildman–Crippen LogP) is 2.57. The van der Waals surface area contributed by atoms with E-state index in [9.17, 15) is 4.79 Å². The molecule has 0 aliphatic rings. The average molecular weight is 281 g/mol. The zero-order valence-electron chi connectivity index (χ0n) is 12.1. The average Bonchev–Trinajstić information content (AvgIpc) is 2.43. The van der Waals surface area contributed by atoms with Crippen molar-refractivity contribution in [3.05, 3.63) is 12.3 Å². The van der Waals surface area contributed by atoms with E-state index in [2.05, 4.69) is 22.2 Å². The second-order valence-corrected chi connectivity index (χ2v) is 4.57. The molecule has 1 unspecified atom stereocenters. The molecule has 0 fully saturated rings. The van der Waals surface area contributed by atoms with Gasteiger partial charge in [0.2, 0.25) is 11.8 Å². The molecule has 0 amide bonds. The molecule has 0 aromatic carbocycles. The molecule has 0 aliphatic heterocycles. The molecule has 0 spiro atoms. The second kappa shape index (κ2) is 9.12. The Balaban J connectivity index is 2.34. The van der Waals surface area contributed by atoms with E-state index < -0.39 is 5.97 Å². The molecule has 2 N–H and O–H groups in total. The third-order valence-electron chi connectivity index (χ3n) is 3.10. The maximum absolute atomic E-state index is 10.6. The van der Waals surface area contributed by atoms with E-state index in [1.54, 1.807) is 12.3 Å². The lowest BCUT2D eigenvalue weighted by molar-refractivity contribution is -0.137. The van der Waals surface area contributed by atoms with Gasteiger partial charge in [0.15, 0.2) is 0 Å². The summed E-state index contributed by atoms with van der Waals surface area (Å²) in [5, 5.41) is 11.8. The minimum atomic E-state index is -0.732. The summed E-state index contributed by atoms with van der Waals surface area (Å²) < 4.78 is 5.30. The number of aromatic nitrogens is 2. The summed E-state index contributed by atoms with van der Waals surface area (Å²) in [6.45, 7) is 5.29. The summed E-state index contributed by atoms with van der Waals surface area (Å²) in [6, 6.07) is 1.72. The van der Waals surface area contributed by atoms with Crippen LogP contribution in [0.5, 0.6) is 5.88 Å². The van der Waals surface area contributed by atoms with Crippen molar-refractivity contribution in [3.8, 4) is 5.88 Å². The van der Waals surface area contributed by atoms with E-state index in [1.807, 2.05) is 6.92 Å². The largest absolute Gasteiger partial charge is 0.481 e. The highest BCUT2D eigenvalue weighted by Gasteiger charge is 2.09. The number of nitrogens with zero attached hydrogens (tertiary/aromatic N) is 2. The van der Waals surface area contributed by atoms with E-state index in [4.69, 9.17) is 9.84 Å². The number of hydrogen-bond acceptors (Lipinski definition) is 5. The zero-order chi connectivity index (χ0) is 14.8. The molecule has 112 valence electrons. The third kappa shape index (κ3) is 6.36. The predicted molar refractivity (Wildman–Crippen MR) is 77.0 cm³/mol. The third-order valence-corrected chi connectivity index (χ3v) is 3.10. The molecule has 6 nitrogen and oxygen atoms in total. The maximum atomic E-state index is 10.6. The SMILES string of the molecule is CCOc1ccnc(NCCC(CC)CCC(=O)O)n1. The molecule has 1 aromatic rings. The van der Waals surface area contributed by atoms with Crippen LogP contribution >= 0.6 is 0 Å². The molecular formula is C14H23N3O3. The summed E-state index contributed by atoms with van der Waals surface area (Å²) in [4.78, 5) is 18.9. The fourth-order valence-electron chi connectivity index (χ4n) is 1.92. The lowest BCUT2D eigenvalue weighted by atomic mass is 9.97. The highest BCUT2D eigenvalue weighted by molar-refractivity contribution is 5.66. The van der Waals surface area contributed by atoms with Gasteiger partial charge in [-0.2, -0.15) is 4.98 Å². The smallest absolute Gasteiger partial charge is 0.303 e. The van der Waals surface area contributed by atoms with Gasteiger partial charge in [0.05, 0.1) is 6.61 Å². The van der Waals surface area contributed by atoms with Crippen LogP contribution in [0, 0.1) is 5.92 Å². The molecule has 20 heavy (non-hydrogen) atoms. The van der Waals surface area contributed by atoms with Crippen LogP contribution in [0.4, 0.5) is 5.95 Å². The van der Waals surface area contributed by atoms with Gasteiger partial charge < -0.3 is 15.2 Å². The van der Waals surface area contributed by atoms with Crippen LogP contribution in [0.15, 0.2) is 12.3 Å². The van der Waals surface area contributed by atoms with E-state index >= 15 is 0 Å². The van der Waals surface area contributed by atoms with Crippen molar-refractivity contribution in [3.63, 3.8) is 0 Å². The minimum absolute atomic E-state index is 0.231. The number of carbonyl (C=O) groups is 1. The van der Waals surface area contributed by atoms with Crippen LogP contribution in [-0.4, -0.2) is 34.2 Å². The molecule has 1 rings (SSSR count). The van der Waals surface area contributed by atoms with Gasteiger partial charge in [0.25, 0.3) is 0 Å². The number of aliphatic carboxylic acids is 1. The van der Waals surface area contributed by atoms with Crippen molar-refractivity contribution in [2.75, 3.05) is 18.5 Å². The number of rotatable bonds is 10. The first-order chi connectivity index (χ1) is 9.65. The van der Waals surface area contributed by atoms with Crippen LogP contribution in [0.1, 0.15) is 39.5 Å². The number of hydrogen-bond donors (Lipinski definition) is 2. The van der Waals surface area contributed by atoms with Crippen LogP contribution in [0.3, 0.4) is 0 Å². The molecular weight excluding hydrogens is 258 g/mol. The van der Waals surface area contributed by atoms with Crippen LogP contribution < -0.4 is 10.1 Å². The van der Waals surface area contributed by atoms with Gasteiger partial charge >= 0.3 is 5.97 Å². The Labute approximate surface area is 119 Å². The quantitative estimate of drug-likeness (QED) is 0.685. The van der Waals surface area contributed by atoms with E-state index in [-0.39, 0.29) is 6.42 Å². The number of nitrogens with one attached hydrogen (secondary N) is 1. The minimum Gasteiger partial charge on any atom is -0.481 e. The van der Waals surface area contributed by atoms with Crippen molar-refractivity contribution in [2.24, 2.45) is 5.92 Å². The van der Waals surface area contributed by atoms with Crippen LogP contribution in [-0.2, 0) is 4.79 Å². The van der Waals surface area contributed by atoms with Gasteiger partial charge in [0.1, 0.15) is 0 Å². The molecule has 0 aliphatic carbocycles. The molecule has 0 saturated heterocycles. The molecule has 6 heteroatoms. The molecule has 1 aromatic heterocycles. The van der Waals surface area contributed by atoms with Gasteiger partial charge in [-0.25, -0.2) is 4.98 Å². The first kappa shape index (κ1) is 16.2. The Morgan fingerprint density at radius 2 is 2.25 bits per heavy atom. The van der Waals surface area contributed by atoms with Gasteiger partial charge in [-0.3, -0.25) is 4.79 Å². The fourth-order valence-corrected chi connectivity index (χ4v) is 1.92. The molecule has 1 atom stereocenters. The lowest BCUT2D eigenvalue weighted by Crippen LogP contribution is -2.12. The molecule has 0 saturated carbocycles. The monoisotopic (exact) mass is 281 g/mol. The molecule has 0 bridgehead atoms. The standard InChI is InChI=1S/C14H23N3O3/c1-3-11(5-6-13(18)19)7-9-15-14-16-10-8-12(17-14)20-4-2/h8,10-11H,3-7,9H2,1-2H3,(H,18,19)(H,15,16,17). The number of carboxylic acid groups (broad SMARTS) is 1. The summed E-state index contributed by atoms with van der Waals surface area (Å²) in [5.41, 5.74) is 0. The highest BCUT2D eigenvalue weighted by Crippen LogP contribution is 2.16. The maximum Gasteiger partial charge on any atom is 0.303 e. The topological polar surface area (TPSA) is 84.3 Å². The Morgan fingerprint density at radius 1 is 1.45 bits per heavy atom. The fraction of sp³-hybridized carbons (Fsp3) is 0.643. The summed E-state index contributed by atoms with van der Waals surface area (Å²) in [7, 11) is 0. The molecule has 1 heterocycles. The summed E-state index contributed by atoms with van der Waals surface area (Å²) in [6.07, 6.45) is 4.49. The van der Waals surface area contributed by atoms with Gasteiger partial charge in [-0.15, -0.1) is 0 Å².